The number of carbonyl (C=O) groups is 2. The molecule has 4 nitrogen and oxygen atoms in total. The lowest BCUT2D eigenvalue weighted by molar-refractivity contribution is -0.138. The Morgan fingerprint density at radius 3 is 2.65 bits per heavy atom. The molecular weight excluding hydrogens is 218 g/mol. The van der Waals surface area contributed by atoms with Crippen molar-refractivity contribution in [2.75, 3.05) is 19.6 Å². The van der Waals surface area contributed by atoms with Gasteiger partial charge in [0.1, 0.15) is 6.29 Å². The van der Waals surface area contributed by atoms with Crippen molar-refractivity contribution in [2.45, 2.75) is 5.92 Å². The monoisotopic (exact) mass is 233 g/mol. The van der Waals surface area contributed by atoms with Crippen molar-refractivity contribution in [2.24, 2.45) is 5.92 Å². The standard InChI is InChI=1S/C13H15NO3/c15-9-11-6-14(8-13(16)17)7-12(11)10-4-2-1-3-5-10/h1-5,9,11-12H,6-8H2,(H,16,17). The molecule has 90 valence electrons. The number of aldehydes is 1. The Morgan fingerprint density at radius 1 is 1.35 bits per heavy atom. The highest BCUT2D eigenvalue weighted by atomic mass is 16.4. The molecule has 17 heavy (non-hydrogen) atoms. The minimum atomic E-state index is -0.844. The zero-order chi connectivity index (χ0) is 12.3. The zero-order valence-corrected chi connectivity index (χ0v) is 9.45. The average Bonchev–Trinajstić information content (AvgIpc) is 2.72. The third kappa shape index (κ3) is 2.71. The molecule has 1 aliphatic heterocycles. The van der Waals surface area contributed by atoms with E-state index >= 15 is 0 Å². The van der Waals surface area contributed by atoms with Crippen molar-refractivity contribution in [3.63, 3.8) is 0 Å². The van der Waals surface area contributed by atoms with Crippen molar-refractivity contribution in [3.05, 3.63) is 35.9 Å². The van der Waals surface area contributed by atoms with Gasteiger partial charge >= 0.3 is 5.97 Å². The quantitative estimate of drug-likeness (QED) is 0.788. The molecule has 1 fully saturated rings. The van der Waals surface area contributed by atoms with Gasteiger partial charge in [0.15, 0.2) is 0 Å². The maximum atomic E-state index is 11.0. The molecule has 0 spiro atoms. The number of carboxylic acid groups (broad SMARTS) is 1. The number of rotatable bonds is 4. The van der Waals surface area contributed by atoms with Crippen molar-refractivity contribution < 1.29 is 14.7 Å². The van der Waals surface area contributed by atoms with E-state index in [9.17, 15) is 9.59 Å². The summed E-state index contributed by atoms with van der Waals surface area (Å²) < 4.78 is 0. The molecule has 0 aliphatic carbocycles. The fraction of sp³-hybridized carbons (Fsp3) is 0.385. The van der Waals surface area contributed by atoms with Gasteiger partial charge in [0.25, 0.3) is 0 Å². The highest BCUT2D eigenvalue weighted by Crippen LogP contribution is 2.30. The van der Waals surface area contributed by atoms with E-state index in [1.165, 1.54) is 0 Å². The molecule has 0 bridgehead atoms. The number of aliphatic carboxylic acids is 1. The first-order valence-corrected chi connectivity index (χ1v) is 5.65. The fourth-order valence-corrected chi connectivity index (χ4v) is 2.42. The molecule has 1 N–H and O–H groups in total. The Bertz CT molecular complexity index is 404. The summed E-state index contributed by atoms with van der Waals surface area (Å²) in [6.07, 6.45) is 0.944. The molecule has 4 heteroatoms. The summed E-state index contributed by atoms with van der Waals surface area (Å²) in [5.41, 5.74) is 1.11. The van der Waals surface area contributed by atoms with E-state index in [0.29, 0.717) is 13.1 Å². The number of hydrogen-bond donors (Lipinski definition) is 1. The van der Waals surface area contributed by atoms with Gasteiger partial charge < -0.3 is 9.90 Å². The van der Waals surface area contributed by atoms with E-state index in [-0.39, 0.29) is 18.4 Å². The Balaban J connectivity index is 2.12. The SMILES string of the molecule is O=CC1CN(CC(=O)O)CC1c1ccccc1. The molecule has 2 atom stereocenters. The van der Waals surface area contributed by atoms with Gasteiger partial charge in [0, 0.05) is 24.9 Å². The van der Waals surface area contributed by atoms with Gasteiger partial charge in [0.05, 0.1) is 6.54 Å². The van der Waals surface area contributed by atoms with Crippen molar-refractivity contribution >= 4 is 12.3 Å². The number of carboxylic acids is 1. The van der Waals surface area contributed by atoms with Crippen LogP contribution < -0.4 is 0 Å². The molecule has 1 aromatic rings. The summed E-state index contributed by atoms with van der Waals surface area (Å²) in [6, 6.07) is 9.80. The first kappa shape index (κ1) is 11.8. The van der Waals surface area contributed by atoms with Gasteiger partial charge in [-0.15, -0.1) is 0 Å². The van der Waals surface area contributed by atoms with Crippen LogP contribution in [0.1, 0.15) is 11.5 Å². The fourth-order valence-electron chi connectivity index (χ4n) is 2.42. The third-order valence-corrected chi connectivity index (χ3v) is 3.20. The number of hydrogen-bond acceptors (Lipinski definition) is 3. The lowest BCUT2D eigenvalue weighted by Crippen LogP contribution is -2.27. The molecule has 1 aliphatic rings. The highest BCUT2D eigenvalue weighted by Gasteiger charge is 2.34. The largest absolute Gasteiger partial charge is 0.480 e. The zero-order valence-electron chi connectivity index (χ0n) is 9.45. The van der Waals surface area contributed by atoms with Gasteiger partial charge in [-0.25, -0.2) is 0 Å². The maximum absolute atomic E-state index is 11.0. The number of likely N-dealkylation sites (tertiary alicyclic amines) is 1. The van der Waals surface area contributed by atoms with E-state index in [0.717, 1.165) is 11.8 Å². The smallest absolute Gasteiger partial charge is 0.317 e. The van der Waals surface area contributed by atoms with Crippen molar-refractivity contribution in [1.29, 1.82) is 0 Å². The van der Waals surface area contributed by atoms with Crippen LogP contribution in [-0.2, 0) is 9.59 Å². The molecule has 0 amide bonds. The van der Waals surface area contributed by atoms with Crippen LogP contribution in [0.25, 0.3) is 0 Å². The lowest BCUT2D eigenvalue weighted by atomic mass is 9.90. The summed E-state index contributed by atoms with van der Waals surface area (Å²) in [7, 11) is 0. The Labute approximate surface area is 99.9 Å². The Kier molecular flexibility index (Phi) is 3.54. The minimum absolute atomic E-state index is 0.00761. The van der Waals surface area contributed by atoms with E-state index in [4.69, 9.17) is 5.11 Å². The summed E-state index contributed by atoms with van der Waals surface area (Å²) in [6.45, 7) is 1.18. The van der Waals surface area contributed by atoms with E-state index in [2.05, 4.69) is 0 Å². The van der Waals surface area contributed by atoms with Gasteiger partial charge in [-0.05, 0) is 5.56 Å². The molecule has 2 rings (SSSR count). The van der Waals surface area contributed by atoms with Crippen LogP contribution in [0.5, 0.6) is 0 Å². The predicted octanol–water partition coefficient (Wildman–Crippen LogP) is 0.985. The van der Waals surface area contributed by atoms with Gasteiger partial charge in [-0.3, -0.25) is 9.69 Å². The van der Waals surface area contributed by atoms with Crippen LogP contribution in [0.15, 0.2) is 30.3 Å². The van der Waals surface area contributed by atoms with Gasteiger partial charge in [0.2, 0.25) is 0 Å². The van der Waals surface area contributed by atoms with Crippen LogP contribution in [0.2, 0.25) is 0 Å². The summed E-state index contributed by atoms with van der Waals surface area (Å²) in [4.78, 5) is 23.5. The molecule has 1 saturated heterocycles. The van der Waals surface area contributed by atoms with Crippen LogP contribution in [0.3, 0.4) is 0 Å². The topological polar surface area (TPSA) is 57.6 Å². The second-order valence-corrected chi connectivity index (χ2v) is 4.40. The first-order valence-electron chi connectivity index (χ1n) is 5.65. The number of carbonyl (C=O) groups excluding carboxylic acids is 1. The second-order valence-electron chi connectivity index (χ2n) is 4.40. The third-order valence-electron chi connectivity index (χ3n) is 3.20. The summed E-state index contributed by atoms with van der Waals surface area (Å²) in [5.74, 6) is -0.826. The molecular formula is C13H15NO3. The predicted molar refractivity (Wildman–Crippen MR) is 62.8 cm³/mol. The summed E-state index contributed by atoms with van der Waals surface area (Å²) in [5, 5.41) is 8.76. The molecule has 2 unspecified atom stereocenters. The lowest BCUT2D eigenvalue weighted by Gasteiger charge is -2.14. The number of nitrogens with zero attached hydrogens (tertiary/aromatic N) is 1. The minimum Gasteiger partial charge on any atom is -0.480 e. The molecule has 1 aromatic carbocycles. The van der Waals surface area contributed by atoms with Crippen LogP contribution in [0, 0.1) is 5.92 Å². The normalized spacial score (nSPS) is 24.7. The van der Waals surface area contributed by atoms with Gasteiger partial charge in [-0.1, -0.05) is 30.3 Å². The summed E-state index contributed by atoms with van der Waals surface area (Å²) >= 11 is 0. The van der Waals surface area contributed by atoms with Crippen molar-refractivity contribution in [3.8, 4) is 0 Å². The molecule has 0 saturated carbocycles. The molecule has 0 aromatic heterocycles. The maximum Gasteiger partial charge on any atom is 0.317 e. The second kappa shape index (κ2) is 5.10. The molecule has 1 heterocycles. The molecule has 0 radical (unpaired) electrons. The average molecular weight is 233 g/mol. The van der Waals surface area contributed by atoms with E-state index in [1.807, 2.05) is 35.2 Å². The first-order chi connectivity index (χ1) is 8.20. The Hall–Kier alpha value is -1.68. The highest BCUT2D eigenvalue weighted by molar-refractivity contribution is 5.69. The van der Waals surface area contributed by atoms with Crippen LogP contribution in [-0.4, -0.2) is 41.9 Å². The number of benzene rings is 1. The van der Waals surface area contributed by atoms with Crippen LogP contribution in [0.4, 0.5) is 0 Å². The Morgan fingerprint density at radius 2 is 2.06 bits per heavy atom. The van der Waals surface area contributed by atoms with Crippen molar-refractivity contribution in [1.82, 2.24) is 4.90 Å². The van der Waals surface area contributed by atoms with Crippen LogP contribution >= 0.6 is 0 Å². The van der Waals surface area contributed by atoms with E-state index in [1.54, 1.807) is 0 Å². The van der Waals surface area contributed by atoms with E-state index < -0.39 is 5.97 Å². The van der Waals surface area contributed by atoms with Gasteiger partial charge in [-0.2, -0.15) is 0 Å².